The molecular formula is C16H24ClFN2O. The van der Waals surface area contributed by atoms with E-state index in [1.165, 1.54) is 12.1 Å². The van der Waals surface area contributed by atoms with Gasteiger partial charge in [-0.2, -0.15) is 0 Å². The largest absolute Gasteiger partial charge is 0.352 e. The predicted molar refractivity (Wildman–Crippen MR) is 85.2 cm³/mol. The first kappa shape index (κ1) is 17.9. The molecule has 1 aromatic carbocycles. The maximum absolute atomic E-state index is 13.1. The maximum atomic E-state index is 13.1. The third-order valence-electron chi connectivity index (χ3n) is 3.85. The Hall–Kier alpha value is -1.13. The number of aryl methyl sites for hydroxylation is 1. The van der Waals surface area contributed by atoms with Crippen molar-refractivity contribution in [2.24, 2.45) is 5.92 Å². The molecule has 0 bridgehead atoms. The number of hydrogen-bond donors (Lipinski definition) is 2. The molecule has 0 spiro atoms. The van der Waals surface area contributed by atoms with Gasteiger partial charge in [-0.05, 0) is 49.9 Å². The molecule has 2 atom stereocenters. The summed E-state index contributed by atoms with van der Waals surface area (Å²) >= 11 is 0. The first-order valence-electron chi connectivity index (χ1n) is 7.40. The van der Waals surface area contributed by atoms with E-state index in [-0.39, 0.29) is 36.1 Å². The van der Waals surface area contributed by atoms with Crippen LogP contribution in [0.1, 0.15) is 31.7 Å². The second-order valence-electron chi connectivity index (χ2n) is 5.62. The van der Waals surface area contributed by atoms with E-state index in [9.17, 15) is 9.18 Å². The summed E-state index contributed by atoms with van der Waals surface area (Å²) in [5.41, 5.74) is 0.948. The summed E-state index contributed by atoms with van der Waals surface area (Å²) in [6.45, 7) is 3.84. The molecule has 0 aliphatic carbocycles. The van der Waals surface area contributed by atoms with Crippen LogP contribution in [0.25, 0.3) is 0 Å². The number of amides is 1. The molecule has 1 aromatic rings. The molecule has 2 unspecified atom stereocenters. The smallest absolute Gasteiger partial charge is 0.223 e. The van der Waals surface area contributed by atoms with Gasteiger partial charge in [0, 0.05) is 18.5 Å². The Morgan fingerprint density at radius 3 is 3.00 bits per heavy atom. The normalized spacial score (nSPS) is 19.4. The third kappa shape index (κ3) is 6.02. The standard InChI is InChI=1S/C16H23FN2O.ClH/c1-12(7-8-13-4-2-5-14(17)10-13)16(20)19-15-6-3-9-18-11-15;/h2,4-5,10,12,15,18H,3,6-9,11H2,1H3,(H,19,20);1H. The molecule has 118 valence electrons. The van der Waals surface area contributed by atoms with Gasteiger partial charge in [-0.3, -0.25) is 4.79 Å². The van der Waals surface area contributed by atoms with Gasteiger partial charge < -0.3 is 10.6 Å². The minimum atomic E-state index is -0.215. The van der Waals surface area contributed by atoms with Crippen LogP contribution in [-0.4, -0.2) is 25.0 Å². The maximum Gasteiger partial charge on any atom is 0.223 e. The fourth-order valence-electron chi connectivity index (χ4n) is 2.53. The molecule has 0 saturated carbocycles. The van der Waals surface area contributed by atoms with Gasteiger partial charge >= 0.3 is 0 Å². The van der Waals surface area contributed by atoms with Gasteiger partial charge in [-0.15, -0.1) is 12.4 Å². The summed E-state index contributed by atoms with van der Waals surface area (Å²) in [7, 11) is 0. The number of halogens is 2. The Morgan fingerprint density at radius 2 is 2.33 bits per heavy atom. The molecule has 1 aliphatic heterocycles. The van der Waals surface area contributed by atoms with E-state index in [2.05, 4.69) is 10.6 Å². The summed E-state index contributed by atoms with van der Waals surface area (Å²) in [5, 5.41) is 6.38. The highest BCUT2D eigenvalue weighted by Crippen LogP contribution is 2.12. The second-order valence-corrected chi connectivity index (χ2v) is 5.62. The predicted octanol–water partition coefficient (Wildman–Crippen LogP) is 2.68. The van der Waals surface area contributed by atoms with E-state index in [4.69, 9.17) is 0 Å². The Kier molecular flexibility index (Phi) is 7.68. The summed E-state index contributed by atoms with van der Waals surface area (Å²) in [5.74, 6) is -0.150. The molecule has 5 heteroatoms. The van der Waals surface area contributed by atoms with Crippen LogP contribution in [0.2, 0.25) is 0 Å². The first-order valence-corrected chi connectivity index (χ1v) is 7.40. The Morgan fingerprint density at radius 1 is 1.52 bits per heavy atom. The monoisotopic (exact) mass is 314 g/mol. The summed E-state index contributed by atoms with van der Waals surface area (Å²) in [6.07, 6.45) is 3.64. The molecular weight excluding hydrogens is 291 g/mol. The van der Waals surface area contributed by atoms with E-state index in [0.29, 0.717) is 0 Å². The number of hydrogen-bond acceptors (Lipinski definition) is 2. The number of piperidine rings is 1. The lowest BCUT2D eigenvalue weighted by Gasteiger charge is -2.25. The van der Waals surface area contributed by atoms with E-state index in [0.717, 1.165) is 44.3 Å². The quantitative estimate of drug-likeness (QED) is 0.877. The molecule has 2 rings (SSSR count). The zero-order valence-electron chi connectivity index (χ0n) is 12.4. The van der Waals surface area contributed by atoms with Crippen molar-refractivity contribution in [3.8, 4) is 0 Å². The minimum Gasteiger partial charge on any atom is -0.352 e. The average molecular weight is 315 g/mol. The van der Waals surface area contributed by atoms with Crippen molar-refractivity contribution < 1.29 is 9.18 Å². The van der Waals surface area contributed by atoms with Gasteiger partial charge in [-0.1, -0.05) is 19.1 Å². The topological polar surface area (TPSA) is 41.1 Å². The molecule has 1 amide bonds. The van der Waals surface area contributed by atoms with Gasteiger partial charge in [0.25, 0.3) is 0 Å². The average Bonchev–Trinajstić information content (AvgIpc) is 2.46. The number of carbonyl (C=O) groups excluding carboxylic acids is 1. The zero-order valence-corrected chi connectivity index (χ0v) is 13.2. The lowest BCUT2D eigenvalue weighted by Crippen LogP contribution is -2.47. The van der Waals surface area contributed by atoms with Gasteiger partial charge in [0.2, 0.25) is 5.91 Å². The fraction of sp³-hybridized carbons (Fsp3) is 0.562. The van der Waals surface area contributed by atoms with Crippen molar-refractivity contribution in [2.45, 2.75) is 38.6 Å². The van der Waals surface area contributed by atoms with Gasteiger partial charge in [-0.25, -0.2) is 4.39 Å². The number of benzene rings is 1. The highest BCUT2D eigenvalue weighted by molar-refractivity contribution is 5.85. The molecule has 1 aliphatic rings. The summed E-state index contributed by atoms with van der Waals surface area (Å²) in [4.78, 5) is 12.1. The summed E-state index contributed by atoms with van der Waals surface area (Å²) < 4.78 is 13.1. The molecule has 3 nitrogen and oxygen atoms in total. The van der Waals surface area contributed by atoms with Gasteiger partial charge in [0.1, 0.15) is 5.82 Å². The summed E-state index contributed by atoms with van der Waals surface area (Å²) in [6, 6.07) is 6.85. The lowest BCUT2D eigenvalue weighted by atomic mass is 9.99. The van der Waals surface area contributed by atoms with Crippen LogP contribution in [-0.2, 0) is 11.2 Å². The Balaban J connectivity index is 0.00000220. The van der Waals surface area contributed by atoms with Crippen molar-refractivity contribution >= 4 is 18.3 Å². The van der Waals surface area contributed by atoms with Crippen molar-refractivity contribution in [2.75, 3.05) is 13.1 Å². The van der Waals surface area contributed by atoms with Crippen LogP contribution < -0.4 is 10.6 Å². The van der Waals surface area contributed by atoms with Crippen molar-refractivity contribution in [3.63, 3.8) is 0 Å². The van der Waals surface area contributed by atoms with Crippen LogP contribution in [0.15, 0.2) is 24.3 Å². The molecule has 21 heavy (non-hydrogen) atoms. The van der Waals surface area contributed by atoms with Crippen LogP contribution in [0.3, 0.4) is 0 Å². The Labute approximate surface area is 132 Å². The fourth-order valence-corrected chi connectivity index (χ4v) is 2.53. The zero-order chi connectivity index (χ0) is 14.4. The Bertz CT molecular complexity index is 450. The molecule has 1 saturated heterocycles. The molecule has 1 fully saturated rings. The van der Waals surface area contributed by atoms with Crippen molar-refractivity contribution in [1.29, 1.82) is 0 Å². The number of carbonyl (C=O) groups is 1. The van der Waals surface area contributed by atoms with Crippen LogP contribution in [0.5, 0.6) is 0 Å². The van der Waals surface area contributed by atoms with E-state index in [1.54, 1.807) is 6.07 Å². The minimum absolute atomic E-state index is 0. The first-order chi connectivity index (χ1) is 9.65. The van der Waals surface area contributed by atoms with Gasteiger partial charge in [0.05, 0.1) is 0 Å². The highest BCUT2D eigenvalue weighted by atomic mass is 35.5. The van der Waals surface area contributed by atoms with Crippen LogP contribution in [0.4, 0.5) is 4.39 Å². The van der Waals surface area contributed by atoms with Crippen LogP contribution >= 0.6 is 12.4 Å². The van der Waals surface area contributed by atoms with Gasteiger partial charge in [0.15, 0.2) is 0 Å². The highest BCUT2D eigenvalue weighted by Gasteiger charge is 2.19. The molecule has 0 aromatic heterocycles. The number of nitrogens with one attached hydrogen (secondary N) is 2. The lowest BCUT2D eigenvalue weighted by molar-refractivity contribution is -0.125. The van der Waals surface area contributed by atoms with Crippen molar-refractivity contribution in [3.05, 3.63) is 35.6 Å². The van der Waals surface area contributed by atoms with E-state index >= 15 is 0 Å². The number of rotatable bonds is 5. The van der Waals surface area contributed by atoms with Crippen molar-refractivity contribution in [1.82, 2.24) is 10.6 Å². The molecule has 2 N–H and O–H groups in total. The third-order valence-corrected chi connectivity index (χ3v) is 3.85. The van der Waals surface area contributed by atoms with Crippen LogP contribution in [0, 0.1) is 11.7 Å². The second kappa shape index (κ2) is 9.00. The SMILES string of the molecule is CC(CCc1cccc(F)c1)C(=O)NC1CCCNC1.Cl. The molecule has 0 radical (unpaired) electrons. The van der Waals surface area contributed by atoms with E-state index < -0.39 is 0 Å². The molecule has 1 heterocycles. The van der Waals surface area contributed by atoms with E-state index in [1.807, 2.05) is 13.0 Å².